The van der Waals surface area contributed by atoms with E-state index in [1.807, 2.05) is 36.6 Å². The van der Waals surface area contributed by atoms with E-state index in [0.717, 1.165) is 16.8 Å². The van der Waals surface area contributed by atoms with Crippen molar-refractivity contribution < 1.29 is 0 Å². The van der Waals surface area contributed by atoms with Gasteiger partial charge >= 0.3 is 0 Å². The minimum Gasteiger partial charge on any atom is -0.377 e. The molecule has 2 N–H and O–H groups in total. The van der Waals surface area contributed by atoms with Gasteiger partial charge in [-0.05, 0) is 36.1 Å². The summed E-state index contributed by atoms with van der Waals surface area (Å²) in [4.78, 5) is 19.0. The van der Waals surface area contributed by atoms with Gasteiger partial charge in [-0.1, -0.05) is 17.7 Å². The number of nitrogens with zero attached hydrogens (tertiary/aromatic N) is 1. The van der Waals surface area contributed by atoms with Gasteiger partial charge < -0.3 is 10.3 Å². The summed E-state index contributed by atoms with van der Waals surface area (Å²) in [7, 11) is 0. The van der Waals surface area contributed by atoms with Gasteiger partial charge in [-0.25, -0.2) is 4.98 Å². The van der Waals surface area contributed by atoms with Gasteiger partial charge in [0, 0.05) is 0 Å². The molecule has 3 rings (SSSR count). The molecule has 0 aliphatic rings. The Balaban J connectivity index is 1.86. The molecular formula is C14H12ClN3OS. The van der Waals surface area contributed by atoms with Crippen LogP contribution in [0.2, 0.25) is 5.02 Å². The van der Waals surface area contributed by atoms with Crippen molar-refractivity contribution in [2.45, 2.75) is 13.5 Å². The lowest BCUT2D eigenvalue weighted by atomic mass is 10.2. The predicted octanol–water partition coefficient (Wildman–Crippen LogP) is 3.56. The molecule has 0 unspecified atom stereocenters. The highest BCUT2D eigenvalue weighted by Gasteiger charge is 2.06. The van der Waals surface area contributed by atoms with Crippen molar-refractivity contribution in [2.24, 2.45) is 0 Å². The van der Waals surface area contributed by atoms with Crippen LogP contribution in [0.3, 0.4) is 0 Å². The molecule has 6 heteroatoms. The molecule has 2 heterocycles. The lowest BCUT2D eigenvalue weighted by Gasteiger charge is -2.08. The molecule has 2 aromatic heterocycles. The standard InChI is InChI=1S/C14H12ClN3OS/c1-8-2-3-9(15)11(6-8)16-7-12-17-10-4-5-20-13(10)14(19)18-12/h2-6,16H,7H2,1H3,(H,17,18,19). The number of anilines is 1. The van der Waals surface area contributed by atoms with E-state index in [1.165, 1.54) is 11.3 Å². The summed E-state index contributed by atoms with van der Waals surface area (Å²) in [6.07, 6.45) is 0. The summed E-state index contributed by atoms with van der Waals surface area (Å²) in [5, 5.41) is 5.70. The largest absolute Gasteiger partial charge is 0.377 e. The molecule has 0 aliphatic heterocycles. The Morgan fingerprint density at radius 2 is 2.25 bits per heavy atom. The smallest absolute Gasteiger partial charge is 0.268 e. The zero-order valence-corrected chi connectivity index (χ0v) is 12.3. The number of rotatable bonds is 3. The first kappa shape index (κ1) is 13.1. The van der Waals surface area contributed by atoms with Crippen LogP contribution in [-0.4, -0.2) is 9.97 Å². The van der Waals surface area contributed by atoms with Crippen LogP contribution in [0, 0.1) is 6.92 Å². The molecule has 3 aromatic rings. The van der Waals surface area contributed by atoms with Crippen LogP contribution in [0.5, 0.6) is 0 Å². The zero-order chi connectivity index (χ0) is 14.1. The van der Waals surface area contributed by atoms with Gasteiger partial charge in [0.1, 0.15) is 10.5 Å². The van der Waals surface area contributed by atoms with Gasteiger partial charge in [0.2, 0.25) is 0 Å². The lowest BCUT2D eigenvalue weighted by molar-refractivity contribution is 0.955. The molecule has 0 saturated carbocycles. The Labute approximate surface area is 124 Å². The molecule has 0 aliphatic carbocycles. The molecule has 4 nitrogen and oxygen atoms in total. The van der Waals surface area contributed by atoms with Gasteiger partial charge in [0.25, 0.3) is 5.56 Å². The highest BCUT2D eigenvalue weighted by atomic mass is 35.5. The molecule has 0 amide bonds. The van der Waals surface area contributed by atoms with E-state index < -0.39 is 0 Å². The van der Waals surface area contributed by atoms with Crippen molar-refractivity contribution in [1.29, 1.82) is 0 Å². The van der Waals surface area contributed by atoms with Crippen molar-refractivity contribution in [3.05, 3.63) is 56.4 Å². The molecule has 0 spiro atoms. The SMILES string of the molecule is Cc1ccc(Cl)c(NCc2nc3ccsc3c(=O)[nH]2)c1. The van der Waals surface area contributed by atoms with Crippen LogP contribution in [0.25, 0.3) is 10.2 Å². The molecule has 1 aromatic carbocycles. The number of aromatic amines is 1. The number of aromatic nitrogens is 2. The molecule has 102 valence electrons. The maximum Gasteiger partial charge on any atom is 0.268 e. The molecule has 20 heavy (non-hydrogen) atoms. The van der Waals surface area contributed by atoms with Crippen LogP contribution >= 0.6 is 22.9 Å². The number of hydrogen-bond donors (Lipinski definition) is 2. The van der Waals surface area contributed by atoms with Crippen LogP contribution in [0.15, 0.2) is 34.4 Å². The Morgan fingerprint density at radius 1 is 1.40 bits per heavy atom. The van der Waals surface area contributed by atoms with Gasteiger partial charge in [-0.2, -0.15) is 0 Å². The van der Waals surface area contributed by atoms with Gasteiger partial charge in [0.15, 0.2) is 0 Å². The Bertz CT molecular complexity index is 825. The fraction of sp³-hybridized carbons (Fsp3) is 0.143. The van der Waals surface area contributed by atoms with E-state index in [1.54, 1.807) is 0 Å². The third-order valence-corrected chi connectivity index (χ3v) is 4.16. The molecule has 0 saturated heterocycles. The molecule has 0 fully saturated rings. The summed E-state index contributed by atoms with van der Waals surface area (Å²) in [5.74, 6) is 0.596. The van der Waals surface area contributed by atoms with Crippen LogP contribution in [0.1, 0.15) is 11.4 Å². The summed E-state index contributed by atoms with van der Waals surface area (Å²) >= 11 is 7.51. The van der Waals surface area contributed by atoms with Crippen molar-refractivity contribution in [1.82, 2.24) is 9.97 Å². The van der Waals surface area contributed by atoms with Crippen LogP contribution in [0.4, 0.5) is 5.69 Å². The monoisotopic (exact) mass is 305 g/mol. The molecule has 0 bridgehead atoms. The second-order valence-corrected chi connectivity index (χ2v) is 5.81. The van der Waals surface area contributed by atoms with E-state index >= 15 is 0 Å². The lowest BCUT2D eigenvalue weighted by Crippen LogP contribution is -2.13. The third kappa shape index (κ3) is 2.55. The van der Waals surface area contributed by atoms with E-state index in [-0.39, 0.29) is 5.56 Å². The van der Waals surface area contributed by atoms with Crippen molar-refractivity contribution >= 4 is 38.8 Å². The number of H-pyrrole nitrogens is 1. The minimum atomic E-state index is -0.0999. The third-order valence-electron chi connectivity index (χ3n) is 2.93. The van der Waals surface area contributed by atoms with Crippen molar-refractivity contribution in [2.75, 3.05) is 5.32 Å². The second-order valence-electron chi connectivity index (χ2n) is 4.48. The Hall–Kier alpha value is -1.85. The fourth-order valence-electron chi connectivity index (χ4n) is 1.96. The average molecular weight is 306 g/mol. The Kier molecular flexibility index (Phi) is 3.46. The first-order valence-electron chi connectivity index (χ1n) is 6.10. The number of aryl methyl sites for hydroxylation is 1. The number of fused-ring (bicyclic) bond motifs is 1. The van der Waals surface area contributed by atoms with E-state index in [9.17, 15) is 4.79 Å². The number of benzene rings is 1. The summed E-state index contributed by atoms with van der Waals surface area (Å²) in [6.45, 7) is 2.42. The predicted molar refractivity (Wildman–Crippen MR) is 83.8 cm³/mol. The second kappa shape index (κ2) is 5.26. The Morgan fingerprint density at radius 3 is 3.10 bits per heavy atom. The molecular weight excluding hydrogens is 294 g/mol. The minimum absolute atomic E-state index is 0.0999. The van der Waals surface area contributed by atoms with E-state index in [2.05, 4.69) is 15.3 Å². The van der Waals surface area contributed by atoms with Gasteiger partial charge in [-0.15, -0.1) is 11.3 Å². The first-order valence-corrected chi connectivity index (χ1v) is 7.35. The maximum absolute atomic E-state index is 11.9. The van der Waals surface area contributed by atoms with Crippen LogP contribution in [-0.2, 0) is 6.54 Å². The van der Waals surface area contributed by atoms with Gasteiger partial charge in [0.05, 0.1) is 22.8 Å². The number of nitrogens with one attached hydrogen (secondary N) is 2. The topological polar surface area (TPSA) is 57.8 Å². The van der Waals surface area contributed by atoms with E-state index in [4.69, 9.17) is 11.6 Å². The highest BCUT2D eigenvalue weighted by molar-refractivity contribution is 7.17. The average Bonchev–Trinajstić information content (AvgIpc) is 2.89. The quantitative estimate of drug-likeness (QED) is 0.778. The van der Waals surface area contributed by atoms with Crippen molar-refractivity contribution in [3.8, 4) is 0 Å². The van der Waals surface area contributed by atoms with Gasteiger partial charge in [-0.3, -0.25) is 4.79 Å². The number of hydrogen-bond acceptors (Lipinski definition) is 4. The normalized spacial score (nSPS) is 10.9. The van der Waals surface area contributed by atoms with Crippen molar-refractivity contribution in [3.63, 3.8) is 0 Å². The summed E-state index contributed by atoms with van der Waals surface area (Å²) in [6, 6.07) is 7.60. The summed E-state index contributed by atoms with van der Waals surface area (Å²) in [5.41, 5.74) is 2.58. The molecule has 0 atom stereocenters. The fourth-order valence-corrected chi connectivity index (χ4v) is 2.87. The number of halogens is 1. The molecule has 0 radical (unpaired) electrons. The van der Waals surface area contributed by atoms with Crippen LogP contribution < -0.4 is 10.9 Å². The van der Waals surface area contributed by atoms with E-state index in [0.29, 0.717) is 22.1 Å². The highest BCUT2D eigenvalue weighted by Crippen LogP contribution is 2.23. The summed E-state index contributed by atoms with van der Waals surface area (Å²) < 4.78 is 0.655. The first-order chi connectivity index (χ1) is 9.63. The maximum atomic E-state index is 11.9. The zero-order valence-electron chi connectivity index (χ0n) is 10.7. The number of thiophene rings is 1.